The Bertz CT molecular complexity index is 1270. The molecule has 0 saturated heterocycles. The molecule has 2 N–H and O–H groups in total. The highest BCUT2D eigenvalue weighted by Gasteiger charge is 2.20. The van der Waals surface area contributed by atoms with Crippen molar-refractivity contribution in [1.29, 1.82) is 0 Å². The van der Waals surface area contributed by atoms with Gasteiger partial charge in [0.25, 0.3) is 11.7 Å². The number of methoxy groups -OCH3 is 1. The lowest BCUT2D eigenvalue weighted by atomic mass is 10.1. The number of carbonyl (C=O) groups is 2. The van der Waals surface area contributed by atoms with Crippen LogP contribution < -0.4 is 11.0 Å². The molecule has 0 unspecified atom stereocenters. The molecular weight excluding hydrogens is 388 g/mol. The average Bonchev–Trinajstić information content (AvgIpc) is 3.36. The van der Waals surface area contributed by atoms with Gasteiger partial charge in [-0.25, -0.2) is 4.79 Å². The van der Waals surface area contributed by atoms with Crippen LogP contribution in [0.2, 0.25) is 0 Å². The first-order valence-electron chi connectivity index (χ1n) is 9.12. The molecule has 0 bridgehead atoms. The van der Waals surface area contributed by atoms with Crippen LogP contribution in [0.5, 0.6) is 0 Å². The molecule has 2 aromatic heterocycles. The third kappa shape index (κ3) is 3.63. The summed E-state index contributed by atoms with van der Waals surface area (Å²) in [6.07, 6.45) is 1.52. The van der Waals surface area contributed by atoms with Gasteiger partial charge in [0.2, 0.25) is 0 Å². The number of carbonyl (C=O) groups excluding carboxylic acids is 2. The Morgan fingerprint density at radius 2 is 1.87 bits per heavy atom. The first-order valence-corrected chi connectivity index (χ1v) is 9.12. The number of para-hydroxylation sites is 1. The highest BCUT2D eigenvalue weighted by molar-refractivity contribution is 6.48. The van der Waals surface area contributed by atoms with Crippen molar-refractivity contribution in [2.75, 3.05) is 19.0 Å². The number of tetrazole rings is 1. The fraction of sp³-hybridized carbons (Fsp3) is 0.150. The van der Waals surface area contributed by atoms with Crippen molar-refractivity contribution >= 4 is 28.3 Å². The van der Waals surface area contributed by atoms with E-state index in [0.717, 1.165) is 10.2 Å². The van der Waals surface area contributed by atoms with E-state index in [9.17, 15) is 14.4 Å². The van der Waals surface area contributed by atoms with E-state index in [0.29, 0.717) is 35.5 Å². The van der Waals surface area contributed by atoms with Crippen molar-refractivity contribution in [2.45, 2.75) is 6.54 Å². The second-order valence-corrected chi connectivity index (χ2v) is 6.47. The summed E-state index contributed by atoms with van der Waals surface area (Å²) >= 11 is 0. The fourth-order valence-electron chi connectivity index (χ4n) is 3.01. The Hall–Kier alpha value is -4.05. The van der Waals surface area contributed by atoms with Crippen molar-refractivity contribution in [3.63, 3.8) is 0 Å². The number of nitrogens with one attached hydrogen (secondary N) is 2. The summed E-state index contributed by atoms with van der Waals surface area (Å²) in [6, 6.07) is 13.6. The summed E-state index contributed by atoms with van der Waals surface area (Å²) in [5.41, 5.74) is 1.57. The number of nitrogens with zero attached hydrogens (tertiary/aromatic N) is 4. The van der Waals surface area contributed by atoms with E-state index in [-0.39, 0.29) is 0 Å². The maximum absolute atomic E-state index is 12.5. The number of amides is 1. The summed E-state index contributed by atoms with van der Waals surface area (Å²) in [5.74, 6) is -1.40. The zero-order valence-corrected chi connectivity index (χ0v) is 16.0. The van der Waals surface area contributed by atoms with E-state index in [1.165, 1.54) is 18.0 Å². The molecular formula is C20H18N6O4. The number of fused-ring (bicyclic) bond motifs is 1. The summed E-state index contributed by atoms with van der Waals surface area (Å²) in [5, 5.41) is 10.9. The van der Waals surface area contributed by atoms with Gasteiger partial charge in [0, 0.05) is 29.9 Å². The molecule has 1 amide bonds. The molecule has 0 spiro atoms. The predicted octanol–water partition coefficient (Wildman–Crippen LogP) is 1.38. The highest BCUT2D eigenvalue weighted by Crippen LogP contribution is 2.19. The van der Waals surface area contributed by atoms with Crippen molar-refractivity contribution in [1.82, 2.24) is 24.8 Å². The quantitative estimate of drug-likeness (QED) is 0.353. The molecule has 0 aliphatic heterocycles. The number of H-pyrrole nitrogens is 1. The molecule has 10 nitrogen and oxygen atoms in total. The summed E-state index contributed by atoms with van der Waals surface area (Å²) < 4.78 is 7.26. The smallest absolute Gasteiger partial charge is 0.368 e. The van der Waals surface area contributed by atoms with Gasteiger partial charge in [-0.05, 0) is 40.8 Å². The van der Waals surface area contributed by atoms with E-state index >= 15 is 0 Å². The molecule has 0 aliphatic carbocycles. The van der Waals surface area contributed by atoms with Crippen molar-refractivity contribution < 1.29 is 14.3 Å². The molecule has 2 heterocycles. The Morgan fingerprint density at radius 1 is 1.10 bits per heavy atom. The molecule has 0 saturated carbocycles. The third-order valence-corrected chi connectivity index (χ3v) is 4.56. The van der Waals surface area contributed by atoms with Crippen LogP contribution in [0.4, 0.5) is 5.69 Å². The molecule has 4 rings (SSSR count). The molecule has 0 aliphatic rings. The highest BCUT2D eigenvalue weighted by atomic mass is 16.5. The van der Waals surface area contributed by atoms with Gasteiger partial charge in [-0.3, -0.25) is 9.59 Å². The number of ether oxygens (including phenoxy) is 1. The standard InChI is InChI=1S/C20H18N6O4/c1-30-11-10-25-20(29)26(24-23-25)14-8-6-13(7-9-14)22-19(28)18(27)16-12-21-17-5-3-2-4-15(16)17/h2-9,12,21H,10-11H2,1H3,(H,22,28). The van der Waals surface area contributed by atoms with Crippen LogP contribution in [0.15, 0.2) is 59.5 Å². The number of benzene rings is 2. The van der Waals surface area contributed by atoms with Crippen LogP contribution in [0.1, 0.15) is 10.4 Å². The van der Waals surface area contributed by atoms with Gasteiger partial charge in [-0.2, -0.15) is 9.36 Å². The van der Waals surface area contributed by atoms with E-state index in [1.807, 2.05) is 12.1 Å². The number of hydrogen-bond donors (Lipinski definition) is 2. The zero-order valence-electron chi connectivity index (χ0n) is 16.0. The van der Waals surface area contributed by atoms with Gasteiger partial charge in [-0.1, -0.05) is 18.2 Å². The van der Waals surface area contributed by atoms with Gasteiger partial charge in [0.15, 0.2) is 0 Å². The zero-order chi connectivity index (χ0) is 21.1. The number of ketones is 1. The molecule has 0 atom stereocenters. The molecule has 2 aromatic carbocycles. The minimum absolute atomic E-state index is 0.291. The minimum atomic E-state index is -0.754. The molecule has 0 fully saturated rings. The van der Waals surface area contributed by atoms with Gasteiger partial charge in [0.05, 0.1) is 24.4 Å². The van der Waals surface area contributed by atoms with Crippen LogP contribution in [0.3, 0.4) is 0 Å². The molecule has 152 valence electrons. The predicted molar refractivity (Wildman–Crippen MR) is 109 cm³/mol. The van der Waals surface area contributed by atoms with Gasteiger partial charge >= 0.3 is 5.69 Å². The van der Waals surface area contributed by atoms with E-state index in [1.54, 1.807) is 36.4 Å². The number of rotatable bonds is 7. The number of Topliss-reactive ketones (excluding diaryl/α,β-unsaturated/α-hetero) is 1. The largest absolute Gasteiger partial charge is 0.383 e. The van der Waals surface area contributed by atoms with Crippen molar-refractivity contribution in [2.24, 2.45) is 0 Å². The van der Waals surface area contributed by atoms with E-state index in [4.69, 9.17) is 4.74 Å². The molecule has 0 radical (unpaired) electrons. The second kappa shape index (κ2) is 8.13. The fourth-order valence-corrected chi connectivity index (χ4v) is 3.01. The molecule has 30 heavy (non-hydrogen) atoms. The lowest BCUT2D eigenvalue weighted by Gasteiger charge is -2.05. The topological polar surface area (TPSA) is 124 Å². The number of hydrogen-bond acceptors (Lipinski definition) is 6. The Balaban J connectivity index is 1.48. The lowest BCUT2D eigenvalue weighted by Crippen LogP contribution is -2.25. The van der Waals surface area contributed by atoms with Crippen molar-refractivity contribution in [3.8, 4) is 5.69 Å². The summed E-state index contributed by atoms with van der Waals surface area (Å²) in [4.78, 5) is 40.2. The number of aromatic nitrogens is 5. The normalized spacial score (nSPS) is 11.0. The first-order chi connectivity index (χ1) is 14.6. The summed E-state index contributed by atoms with van der Waals surface area (Å²) in [7, 11) is 1.53. The van der Waals surface area contributed by atoms with Crippen LogP contribution in [0.25, 0.3) is 16.6 Å². The SMILES string of the molecule is COCCn1nnn(-c2ccc(NC(=O)C(=O)c3c[nH]c4ccccc34)cc2)c1=O. The maximum Gasteiger partial charge on any atom is 0.368 e. The van der Waals surface area contributed by atoms with Crippen LogP contribution in [0, 0.1) is 0 Å². The van der Waals surface area contributed by atoms with Crippen LogP contribution >= 0.6 is 0 Å². The van der Waals surface area contributed by atoms with Gasteiger partial charge in [-0.15, -0.1) is 0 Å². The van der Waals surface area contributed by atoms with E-state index in [2.05, 4.69) is 20.7 Å². The molecule has 10 heteroatoms. The van der Waals surface area contributed by atoms with Crippen LogP contribution in [-0.2, 0) is 16.1 Å². The van der Waals surface area contributed by atoms with Gasteiger partial charge < -0.3 is 15.0 Å². The summed E-state index contributed by atoms with van der Waals surface area (Å²) in [6.45, 7) is 0.632. The third-order valence-electron chi connectivity index (χ3n) is 4.56. The maximum atomic E-state index is 12.5. The average molecular weight is 406 g/mol. The lowest BCUT2D eigenvalue weighted by molar-refractivity contribution is -0.112. The monoisotopic (exact) mass is 406 g/mol. The van der Waals surface area contributed by atoms with Crippen molar-refractivity contribution in [3.05, 3.63) is 70.8 Å². The minimum Gasteiger partial charge on any atom is -0.383 e. The Kier molecular flexibility index (Phi) is 5.22. The Morgan fingerprint density at radius 3 is 2.63 bits per heavy atom. The first kappa shape index (κ1) is 19.3. The van der Waals surface area contributed by atoms with Crippen LogP contribution in [-0.4, -0.2) is 50.2 Å². The Labute approximate surface area is 170 Å². The van der Waals surface area contributed by atoms with E-state index < -0.39 is 17.4 Å². The van der Waals surface area contributed by atoms with Gasteiger partial charge in [0.1, 0.15) is 0 Å². The number of anilines is 1. The number of aromatic amines is 1. The second-order valence-electron chi connectivity index (χ2n) is 6.47. The molecule has 4 aromatic rings.